The molecule has 7 heteroatoms. The Morgan fingerprint density at radius 1 is 1.25 bits per heavy atom. The summed E-state index contributed by atoms with van der Waals surface area (Å²) in [5.74, 6) is -0.0121. The van der Waals surface area contributed by atoms with Crippen molar-refractivity contribution in [1.82, 2.24) is 19.7 Å². The standard InChI is InChI=1S/C21H26N4O3/c1-23(2)11-12-25-15-21(28-20(25)27)7-9-24(10-8-21)19(26)17-13-16-5-3-4-6-18(16)22-14-17/h3-6,13-14H,7-12,15H2,1-2H3. The van der Waals surface area contributed by atoms with Gasteiger partial charge in [0.15, 0.2) is 0 Å². The Labute approximate surface area is 164 Å². The molecule has 2 saturated heterocycles. The average molecular weight is 382 g/mol. The van der Waals surface area contributed by atoms with Crippen molar-refractivity contribution in [2.45, 2.75) is 18.4 Å². The van der Waals surface area contributed by atoms with Crippen molar-refractivity contribution in [3.63, 3.8) is 0 Å². The zero-order valence-corrected chi connectivity index (χ0v) is 16.4. The molecule has 1 spiro atoms. The highest BCUT2D eigenvalue weighted by Crippen LogP contribution is 2.33. The van der Waals surface area contributed by atoms with Gasteiger partial charge in [-0.1, -0.05) is 18.2 Å². The van der Waals surface area contributed by atoms with Crippen LogP contribution in [0, 0.1) is 0 Å². The van der Waals surface area contributed by atoms with Gasteiger partial charge in [0.1, 0.15) is 5.60 Å². The molecule has 148 valence electrons. The molecule has 2 aliphatic rings. The molecular weight excluding hydrogens is 356 g/mol. The van der Waals surface area contributed by atoms with Gasteiger partial charge in [0, 0.05) is 50.6 Å². The smallest absolute Gasteiger partial charge is 0.410 e. The molecule has 2 amide bonds. The van der Waals surface area contributed by atoms with E-state index < -0.39 is 5.60 Å². The Morgan fingerprint density at radius 3 is 2.75 bits per heavy atom. The third-order valence-corrected chi connectivity index (χ3v) is 5.66. The van der Waals surface area contributed by atoms with Crippen molar-refractivity contribution >= 4 is 22.9 Å². The van der Waals surface area contributed by atoms with E-state index in [2.05, 4.69) is 9.88 Å². The number of nitrogens with zero attached hydrogens (tertiary/aromatic N) is 4. The molecule has 28 heavy (non-hydrogen) atoms. The van der Waals surface area contributed by atoms with Crippen molar-refractivity contribution < 1.29 is 14.3 Å². The second-order valence-corrected chi connectivity index (χ2v) is 7.98. The summed E-state index contributed by atoms with van der Waals surface area (Å²) in [5.41, 5.74) is 1.03. The molecule has 1 aromatic carbocycles. The maximum absolute atomic E-state index is 12.9. The number of piperidine rings is 1. The van der Waals surface area contributed by atoms with Crippen LogP contribution in [0.4, 0.5) is 4.79 Å². The number of benzene rings is 1. The van der Waals surface area contributed by atoms with Crippen LogP contribution in [-0.4, -0.2) is 84.1 Å². The largest absolute Gasteiger partial charge is 0.441 e. The maximum atomic E-state index is 12.9. The molecule has 0 aliphatic carbocycles. The summed E-state index contributed by atoms with van der Waals surface area (Å²) in [4.78, 5) is 35.2. The summed E-state index contributed by atoms with van der Waals surface area (Å²) in [6, 6.07) is 9.67. The fourth-order valence-corrected chi connectivity index (χ4v) is 3.93. The molecule has 7 nitrogen and oxygen atoms in total. The summed E-state index contributed by atoms with van der Waals surface area (Å²) in [5, 5.41) is 0.961. The second kappa shape index (κ2) is 7.39. The first-order valence-electron chi connectivity index (χ1n) is 9.73. The topological polar surface area (TPSA) is 66.0 Å². The molecule has 0 atom stereocenters. The Morgan fingerprint density at radius 2 is 2.00 bits per heavy atom. The normalized spacial score (nSPS) is 18.9. The fourth-order valence-electron chi connectivity index (χ4n) is 3.93. The van der Waals surface area contributed by atoms with E-state index in [0.29, 0.717) is 44.6 Å². The molecule has 0 radical (unpaired) electrons. The Bertz CT molecular complexity index is 890. The first-order chi connectivity index (χ1) is 13.5. The van der Waals surface area contributed by atoms with Crippen molar-refractivity contribution in [3.8, 4) is 0 Å². The summed E-state index contributed by atoms with van der Waals surface area (Å²) in [7, 11) is 3.98. The lowest BCUT2D eigenvalue weighted by Crippen LogP contribution is -2.49. The first-order valence-corrected chi connectivity index (χ1v) is 9.73. The number of para-hydroxylation sites is 1. The number of pyridine rings is 1. The van der Waals surface area contributed by atoms with Crippen LogP contribution in [0.3, 0.4) is 0 Å². The minimum absolute atomic E-state index is 0.0121. The number of hydrogen-bond donors (Lipinski definition) is 0. The van der Waals surface area contributed by atoms with Crippen LogP contribution < -0.4 is 0 Å². The minimum Gasteiger partial charge on any atom is -0.441 e. The minimum atomic E-state index is -0.457. The molecule has 0 saturated carbocycles. The number of rotatable bonds is 4. The molecule has 3 heterocycles. The van der Waals surface area contributed by atoms with E-state index in [0.717, 1.165) is 17.4 Å². The highest BCUT2D eigenvalue weighted by atomic mass is 16.6. The Hall–Kier alpha value is -2.67. The number of ether oxygens (including phenoxy) is 1. The number of likely N-dealkylation sites (N-methyl/N-ethyl adjacent to an activating group) is 1. The number of aromatic nitrogens is 1. The van der Waals surface area contributed by atoms with Crippen LogP contribution in [0.15, 0.2) is 36.5 Å². The zero-order valence-electron chi connectivity index (χ0n) is 16.4. The Balaban J connectivity index is 1.39. The molecule has 2 fully saturated rings. The van der Waals surface area contributed by atoms with Gasteiger partial charge in [-0.25, -0.2) is 4.79 Å². The Kier molecular flexibility index (Phi) is 4.93. The van der Waals surface area contributed by atoms with Gasteiger partial charge in [0.05, 0.1) is 17.6 Å². The number of amides is 2. The van der Waals surface area contributed by atoms with Crippen LogP contribution in [-0.2, 0) is 4.74 Å². The van der Waals surface area contributed by atoms with Crippen LogP contribution in [0.1, 0.15) is 23.2 Å². The van der Waals surface area contributed by atoms with E-state index in [1.54, 1.807) is 11.1 Å². The van der Waals surface area contributed by atoms with E-state index in [4.69, 9.17) is 4.74 Å². The lowest BCUT2D eigenvalue weighted by molar-refractivity contribution is 0.00312. The van der Waals surface area contributed by atoms with Crippen LogP contribution >= 0.6 is 0 Å². The summed E-state index contributed by atoms with van der Waals surface area (Å²) >= 11 is 0. The third kappa shape index (κ3) is 3.67. The monoisotopic (exact) mass is 382 g/mol. The molecule has 2 aliphatic heterocycles. The second-order valence-electron chi connectivity index (χ2n) is 7.98. The summed E-state index contributed by atoms with van der Waals surface area (Å²) in [6.07, 6.45) is 2.75. The van der Waals surface area contributed by atoms with Gasteiger partial charge in [-0.3, -0.25) is 9.78 Å². The van der Waals surface area contributed by atoms with Gasteiger partial charge in [-0.15, -0.1) is 0 Å². The quantitative estimate of drug-likeness (QED) is 0.811. The zero-order chi connectivity index (χ0) is 19.7. The lowest BCUT2D eigenvalue weighted by Gasteiger charge is -2.37. The summed E-state index contributed by atoms with van der Waals surface area (Å²) < 4.78 is 5.74. The van der Waals surface area contributed by atoms with Crippen molar-refractivity contribution in [2.75, 3.05) is 46.8 Å². The average Bonchev–Trinajstić information content (AvgIpc) is 3.01. The van der Waals surface area contributed by atoms with E-state index in [-0.39, 0.29) is 12.0 Å². The van der Waals surface area contributed by atoms with Gasteiger partial charge >= 0.3 is 6.09 Å². The fraction of sp³-hybridized carbons (Fsp3) is 0.476. The molecular formula is C21H26N4O3. The molecule has 0 unspecified atom stereocenters. The molecule has 0 bridgehead atoms. The van der Waals surface area contributed by atoms with Gasteiger partial charge in [0.25, 0.3) is 5.91 Å². The van der Waals surface area contributed by atoms with Crippen molar-refractivity contribution in [1.29, 1.82) is 0 Å². The number of likely N-dealkylation sites (tertiary alicyclic amines) is 1. The number of carbonyl (C=O) groups excluding carboxylic acids is 2. The van der Waals surface area contributed by atoms with Gasteiger partial charge < -0.3 is 19.4 Å². The van der Waals surface area contributed by atoms with E-state index in [1.165, 1.54) is 0 Å². The van der Waals surface area contributed by atoms with Crippen LogP contribution in [0.5, 0.6) is 0 Å². The first kappa shape index (κ1) is 18.7. The van der Waals surface area contributed by atoms with Gasteiger partial charge in [0.2, 0.25) is 0 Å². The highest BCUT2D eigenvalue weighted by molar-refractivity contribution is 5.97. The van der Waals surface area contributed by atoms with E-state index in [9.17, 15) is 9.59 Å². The van der Waals surface area contributed by atoms with Gasteiger partial charge in [-0.2, -0.15) is 0 Å². The molecule has 2 aromatic rings. The summed E-state index contributed by atoms with van der Waals surface area (Å²) in [6.45, 7) is 3.25. The molecule has 4 rings (SSSR count). The number of carbonyl (C=O) groups is 2. The predicted molar refractivity (Wildman–Crippen MR) is 106 cm³/mol. The van der Waals surface area contributed by atoms with Crippen LogP contribution in [0.25, 0.3) is 10.9 Å². The predicted octanol–water partition coefficient (Wildman–Crippen LogP) is 2.22. The van der Waals surface area contributed by atoms with E-state index in [1.807, 2.05) is 49.3 Å². The number of fused-ring (bicyclic) bond motifs is 1. The highest BCUT2D eigenvalue weighted by Gasteiger charge is 2.47. The molecule has 0 N–H and O–H groups in total. The van der Waals surface area contributed by atoms with Crippen LogP contribution in [0.2, 0.25) is 0 Å². The number of hydrogen-bond acceptors (Lipinski definition) is 5. The third-order valence-electron chi connectivity index (χ3n) is 5.66. The van der Waals surface area contributed by atoms with Crippen molar-refractivity contribution in [2.24, 2.45) is 0 Å². The lowest BCUT2D eigenvalue weighted by atomic mass is 9.91. The van der Waals surface area contributed by atoms with Gasteiger partial charge in [-0.05, 0) is 26.2 Å². The SMILES string of the molecule is CN(C)CCN1CC2(CCN(C(=O)c3cnc4ccccc4c3)CC2)OC1=O. The molecule has 1 aromatic heterocycles. The van der Waals surface area contributed by atoms with E-state index >= 15 is 0 Å². The van der Waals surface area contributed by atoms with Crippen molar-refractivity contribution in [3.05, 3.63) is 42.1 Å². The maximum Gasteiger partial charge on any atom is 0.410 e.